The summed E-state index contributed by atoms with van der Waals surface area (Å²) in [4.78, 5) is 42.1. The van der Waals surface area contributed by atoms with Crippen molar-refractivity contribution in [1.82, 2.24) is 5.32 Å². The molecule has 1 heterocycles. The minimum atomic E-state index is -1.54. The van der Waals surface area contributed by atoms with Crippen LogP contribution in [0.3, 0.4) is 0 Å². The lowest BCUT2D eigenvalue weighted by Crippen LogP contribution is -2.66. The number of carbonyl (C=O) groups is 3. The molecule has 0 aromatic heterocycles. The Hall–Kier alpha value is -2.39. The molecule has 1 fully saturated rings. The van der Waals surface area contributed by atoms with Crippen molar-refractivity contribution in [2.45, 2.75) is 314 Å². The fraction of sp³-hybridized carbons (Fsp3) is 0.852. The minimum absolute atomic E-state index is 0.00544. The first-order chi connectivity index (χ1) is 35.9. The van der Waals surface area contributed by atoms with Crippen molar-refractivity contribution in [2.24, 2.45) is 0 Å². The van der Waals surface area contributed by atoms with Crippen LogP contribution in [-0.2, 0) is 49.4 Å². The maximum absolute atomic E-state index is 14.4. The van der Waals surface area contributed by atoms with E-state index in [9.17, 15) is 24.6 Å². The summed E-state index contributed by atoms with van der Waals surface area (Å²) in [6, 6.07) is 9.30. The van der Waals surface area contributed by atoms with Gasteiger partial charge >= 0.3 is 11.9 Å². The van der Waals surface area contributed by atoms with E-state index in [1.54, 1.807) is 0 Å². The van der Waals surface area contributed by atoms with E-state index in [1.807, 2.05) is 30.3 Å². The molecule has 0 spiro atoms. The molecule has 1 aliphatic rings. The highest BCUT2D eigenvalue weighted by Crippen LogP contribution is 2.28. The molecule has 1 aliphatic heterocycles. The lowest BCUT2D eigenvalue weighted by atomic mass is 9.95. The average molecular weight is 1060 g/mol. The first kappa shape index (κ1) is 67.7. The Morgan fingerprint density at radius 2 is 1.15 bits per heavy atom. The highest BCUT2D eigenvalue weighted by molar-refractivity contribution is 6.76. The summed E-state index contributed by atoms with van der Waals surface area (Å²) in [6.45, 7) is 13.8. The number of nitrogens with one attached hydrogen (secondary N) is 1. The van der Waals surface area contributed by atoms with Gasteiger partial charge in [0.2, 0.25) is 5.91 Å². The van der Waals surface area contributed by atoms with Crippen molar-refractivity contribution in [3.05, 3.63) is 35.9 Å². The van der Waals surface area contributed by atoms with E-state index in [1.165, 1.54) is 122 Å². The Labute approximate surface area is 452 Å². The third kappa shape index (κ3) is 34.4. The van der Waals surface area contributed by atoms with Crippen LogP contribution in [0.2, 0.25) is 25.7 Å². The smallest absolute Gasteiger partial charge is 0.347 e. The van der Waals surface area contributed by atoms with Gasteiger partial charge in [0.05, 0.1) is 25.7 Å². The van der Waals surface area contributed by atoms with Crippen molar-refractivity contribution in [2.75, 3.05) is 20.0 Å². The molecule has 0 bridgehead atoms. The number of amides is 1. The second kappa shape index (κ2) is 44.6. The zero-order chi connectivity index (χ0) is 53.9. The number of rotatable bonds is 49. The molecule has 1 unspecified atom stereocenters. The Bertz CT molecular complexity index is 1500. The molecule has 430 valence electrons. The molecule has 0 radical (unpaired) electrons. The highest BCUT2D eigenvalue weighted by Gasteiger charge is 2.49. The summed E-state index contributed by atoms with van der Waals surface area (Å²) in [5, 5.41) is 25.3. The first-order valence-corrected chi connectivity index (χ1v) is 34.1. The van der Waals surface area contributed by atoms with Gasteiger partial charge in [-0.25, -0.2) is 4.79 Å². The van der Waals surface area contributed by atoms with Crippen LogP contribution in [0.25, 0.3) is 0 Å². The van der Waals surface area contributed by atoms with Crippen LogP contribution in [-0.4, -0.2) is 99.0 Å². The first-order valence-electron chi connectivity index (χ1n) is 30.4. The molecule has 7 atom stereocenters. The van der Waals surface area contributed by atoms with E-state index >= 15 is 0 Å². The van der Waals surface area contributed by atoms with Gasteiger partial charge in [-0.1, -0.05) is 251 Å². The van der Waals surface area contributed by atoms with Gasteiger partial charge in [-0.3, -0.25) is 9.59 Å². The molecular weight excluding hydrogens is 951 g/mol. The van der Waals surface area contributed by atoms with Crippen LogP contribution in [0.1, 0.15) is 245 Å². The lowest BCUT2D eigenvalue weighted by molar-refractivity contribution is -0.278. The summed E-state index contributed by atoms with van der Waals surface area (Å²) in [5.74, 6) is -1.66. The third-order valence-electron chi connectivity index (χ3n) is 14.5. The number of benzene rings is 1. The molecule has 1 saturated heterocycles. The van der Waals surface area contributed by atoms with Gasteiger partial charge < -0.3 is 44.0 Å². The van der Waals surface area contributed by atoms with Crippen molar-refractivity contribution in [3.8, 4) is 0 Å². The molecule has 2 rings (SSSR count). The predicted molar refractivity (Wildman–Crippen MR) is 303 cm³/mol. The molecule has 74 heavy (non-hydrogen) atoms. The fourth-order valence-corrected chi connectivity index (χ4v) is 10.4. The standard InChI is InChI=1S/C61H111NO11Si/c1-7-10-13-16-19-22-24-27-30-33-39-44-56(65)71-53(43-38-32-29-26-23-20-17-14-11-8-2)60(67)73-59-57(61(72-54(48-63)58(59)66)69-49-51-40-35-34-36-41-51)62-55(64)47-52(70-50-68-45-46-74(4,5)6)42-37-31-28-25-21-18-15-12-9-3/h34-36,40-41,52-54,57-59,61,63,66H,7-33,37-39,42-50H2,1-6H3,(H,62,64)/t52-,53?,54-,57-,58-,59-,61-/m1/s1. The number of hydrogen-bond donors (Lipinski definition) is 3. The largest absolute Gasteiger partial charge is 0.454 e. The van der Waals surface area contributed by atoms with Crippen molar-refractivity contribution >= 4 is 25.9 Å². The molecule has 1 amide bonds. The van der Waals surface area contributed by atoms with Gasteiger partial charge in [-0.2, -0.15) is 0 Å². The van der Waals surface area contributed by atoms with E-state index in [4.69, 9.17) is 28.4 Å². The molecule has 0 saturated carbocycles. The van der Waals surface area contributed by atoms with Crippen molar-refractivity contribution < 1.29 is 53.0 Å². The lowest BCUT2D eigenvalue weighted by Gasteiger charge is -2.44. The molecule has 0 aliphatic carbocycles. The van der Waals surface area contributed by atoms with Crippen LogP contribution in [0.5, 0.6) is 0 Å². The molecular formula is C61H111NO11Si. The minimum Gasteiger partial charge on any atom is -0.454 e. The summed E-state index contributed by atoms with van der Waals surface area (Å²) in [6.07, 6.45) is 28.5. The van der Waals surface area contributed by atoms with Crippen LogP contribution < -0.4 is 5.32 Å². The Morgan fingerprint density at radius 1 is 0.662 bits per heavy atom. The number of carbonyl (C=O) groups excluding carboxylic acids is 3. The number of aliphatic hydroxyl groups is 2. The Balaban J connectivity index is 2.26. The molecule has 3 N–H and O–H groups in total. The summed E-state index contributed by atoms with van der Waals surface area (Å²) < 4.78 is 36.8. The van der Waals surface area contributed by atoms with Crippen LogP contribution in [0.4, 0.5) is 0 Å². The number of unbranched alkanes of at least 4 members (excludes halogenated alkanes) is 27. The zero-order valence-electron chi connectivity index (χ0n) is 48.1. The van der Waals surface area contributed by atoms with Gasteiger partial charge in [0.25, 0.3) is 0 Å². The topological polar surface area (TPSA) is 159 Å². The molecule has 12 nitrogen and oxygen atoms in total. The van der Waals surface area contributed by atoms with E-state index in [0.717, 1.165) is 69.4 Å². The number of hydrogen-bond acceptors (Lipinski definition) is 11. The summed E-state index contributed by atoms with van der Waals surface area (Å²) in [7, 11) is -1.31. The van der Waals surface area contributed by atoms with Crippen LogP contribution in [0.15, 0.2) is 30.3 Å². The van der Waals surface area contributed by atoms with Crippen LogP contribution in [0, 0.1) is 0 Å². The number of aliphatic hydroxyl groups excluding tert-OH is 2. The van der Waals surface area contributed by atoms with Gasteiger partial charge in [-0.15, -0.1) is 0 Å². The zero-order valence-corrected chi connectivity index (χ0v) is 49.1. The second-order valence-electron chi connectivity index (χ2n) is 22.7. The number of ether oxygens (including phenoxy) is 6. The average Bonchev–Trinajstić information content (AvgIpc) is 3.38. The maximum Gasteiger partial charge on any atom is 0.347 e. The quantitative estimate of drug-likeness (QED) is 0.0247. The van der Waals surface area contributed by atoms with Gasteiger partial charge in [0, 0.05) is 21.1 Å². The Morgan fingerprint density at radius 3 is 1.65 bits per heavy atom. The van der Waals surface area contributed by atoms with Gasteiger partial charge in [0.15, 0.2) is 18.5 Å². The van der Waals surface area contributed by atoms with Gasteiger partial charge in [-0.05, 0) is 37.3 Å². The molecule has 1 aromatic rings. The van der Waals surface area contributed by atoms with E-state index in [-0.39, 0.29) is 32.7 Å². The monoisotopic (exact) mass is 1060 g/mol. The van der Waals surface area contributed by atoms with E-state index < -0.39 is 75.4 Å². The third-order valence-corrected chi connectivity index (χ3v) is 16.2. The maximum atomic E-state index is 14.4. The van der Waals surface area contributed by atoms with E-state index in [2.05, 4.69) is 45.7 Å². The van der Waals surface area contributed by atoms with E-state index in [0.29, 0.717) is 25.9 Å². The molecule has 13 heteroatoms. The highest BCUT2D eigenvalue weighted by atomic mass is 28.3. The van der Waals surface area contributed by atoms with Gasteiger partial charge in [0.1, 0.15) is 25.0 Å². The van der Waals surface area contributed by atoms with Crippen molar-refractivity contribution in [1.29, 1.82) is 0 Å². The normalized spacial score (nSPS) is 18.8. The van der Waals surface area contributed by atoms with Crippen LogP contribution >= 0.6 is 0 Å². The summed E-state index contributed by atoms with van der Waals surface area (Å²) in [5.41, 5.74) is 0.839. The second-order valence-corrected chi connectivity index (χ2v) is 28.3. The fourth-order valence-electron chi connectivity index (χ4n) is 9.62. The predicted octanol–water partition coefficient (Wildman–Crippen LogP) is 14.6. The summed E-state index contributed by atoms with van der Waals surface area (Å²) >= 11 is 0. The van der Waals surface area contributed by atoms with Crippen molar-refractivity contribution in [3.63, 3.8) is 0 Å². The molecule has 1 aromatic carbocycles. The number of esters is 2. The Kier molecular flexibility index (Phi) is 40.8. The SMILES string of the molecule is CCCCCCCCCCCCCC(=O)OC(CCCCCCCCCCCC)C(=O)O[C@H]1[C@H](O)[C@@H](CO)O[C@@H](OCc2ccccc2)[C@@H]1NC(=O)C[C@@H](CCCCCCCCCCC)OCOCC[Si](C)(C)C.